The van der Waals surface area contributed by atoms with Gasteiger partial charge in [0.25, 0.3) is 0 Å². The lowest BCUT2D eigenvalue weighted by molar-refractivity contribution is -0.139. The van der Waals surface area contributed by atoms with Crippen molar-refractivity contribution in [3.8, 4) is 5.75 Å². The van der Waals surface area contributed by atoms with Gasteiger partial charge in [-0.2, -0.15) is 0 Å². The minimum absolute atomic E-state index is 0.113. The van der Waals surface area contributed by atoms with Gasteiger partial charge in [0.05, 0.1) is 19.1 Å². The van der Waals surface area contributed by atoms with E-state index in [1.807, 2.05) is 6.07 Å². The fourth-order valence-electron chi connectivity index (χ4n) is 3.12. The lowest BCUT2D eigenvalue weighted by Gasteiger charge is -2.31. The molecule has 0 unspecified atom stereocenters. The van der Waals surface area contributed by atoms with Crippen molar-refractivity contribution in [1.82, 2.24) is 10.2 Å². The highest BCUT2D eigenvalue weighted by molar-refractivity contribution is 9.10. The molecule has 174 valence electrons. The number of halogens is 1. The number of hydrogen-bond acceptors (Lipinski definition) is 5. The molecule has 8 nitrogen and oxygen atoms in total. The number of anilines is 1. The zero-order chi connectivity index (χ0) is 23.9. The largest absolute Gasteiger partial charge is 0.497 e. The van der Waals surface area contributed by atoms with Gasteiger partial charge in [-0.1, -0.05) is 24.3 Å². The van der Waals surface area contributed by atoms with Crippen molar-refractivity contribution < 1.29 is 22.7 Å². The van der Waals surface area contributed by atoms with Crippen LogP contribution in [-0.2, 0) is 26.2 Å². The van der Waals surface area contributed by atoms with Crippen molar-refractivity contribution >= 4 is 43.5 Å². The van der Waals surface area contributed by atoms with E-state index in [-0.39, 0.29) is 12.5 Å². The Kier molecular flexibility index (Phi) is 9.09. The number of benzene rings is 2. The number of nitrogens with one attached hydrogen (secondary N) is 1. The first kappa shape index (κ1) is 25.7. The van der Waals surface area contributed by atoms with E-state index in [2.05, 4.69) is 21.2 Å². The molecule has 0 bridgehead atoms. The first-order valence-electron chi connectivity index (χ1n) is 10.0. The summed E-state index contributed by atoms with van der Waals surface area (Å²) in [5.41, 5.74) is 1.09. The molecule has 32 heavy (non-hydrogen) atoms. The quantitative estimate of drug-likeness (QED) is 0.514. The molecule has 0 heterocycles. The maximum atomic E-state index is 13.4. The maximum Gasteiger partial charge on any atom is 0.244 e. The molecule has 2 aromatic carbocycles. The molecule has 0 aromatic heterocycles. The van der Waals surface area contributed by atoms with Crippen LogP contribution in [0, 0.1) is 0 Å². The van der Waals surface area contributed by atoms with Gasteiger partial charge in [0, 0.05) is 17.6 Å². The minimum Gasteiger partial charge on any atom is -0.497 e. The Morgan fingerprint density at radius 1 is 1.16 bits per heavy atom. The number of hydrogen-bond donors (Lipinski definition) is 1. The first-order valence-corrected chi connectivity index (χ1v) is 12.6. The number of sulfonamides is 1. The molecule has 2 rings (SSSR count). The third kappa shape index (κ3) is 6.70. The Hall–Kier alpha value is -2.59. The molecule has 0 radical (unpaired) electrons. The van der Waals surface area contributed by atoms with Crippen LogP contribution >= 0.6 is 15.9 Å². The van der Waals surface area contributed by atoms with Crippen LogP contribution in [0.5, 0.6) is 5.75 Å². The number of amides is 2. The highest BCUT2D eigenvalue weighted by Gasteiger charge is 2.30. The smallest absolute Gasteiger partial charge is 0.244 e. The predicted octanol–water partition coefficient (Wildman–Crippen LogP) is 2.78. The van der Waals surface area contributed by atoms with Crippen LogP contribution in [0.2, 0.25) is 0 Å². The molecule has 2 aromatic rings. The van der Waals surface area contributed by atoms with E-state index in [4.69, 9.17) is 4.74 Å². The summed E-state index contributed by atoms with van der Waals surface area (Å²) >= 11 is 3.35. The molecule has 1 N–H and O–H groups in total. The molecule has 2 amide bonds. The summed E-state index contributed by atoms with van der Waals surface area (Å²) in [6, 6.07) is 13.1. The number of para-hydroxylation sites is 1. The standard InChI is InChI=1S/C22H28BrN3O5S/c1-5-24-22(28)16(2)25(14-17-9-8-10-18(13-17)31-3)21(27)15-26(32(4,29)30)20-12-7-6-11-19(20)23/h6-13,16H,5,14-15H2,1-4H3,(H,24,28)/t16-/m1/s1. The number of ether oxygens (including phenoxy) is 1. The fraction of sp³-hybridized carbons (Fsp3) is 0.364. The molecule has 10 heteroatoms. The highest BCUT2D eigenvalue weighted by atomic mass is 79.9. The number of likely N-dealkylation sites (N-methyl/N-ethyl adjacent to an activating group) is 1. The van der Waals surface area contributed by atoms with Crippen LogP contribution in [0.15, 0.2) is 53.0 Å². The molecule has 1 atom stereocenters. The zero-order valence-electron chi connectivity index (χ0n) is 18.5. The Morgan fingerprint density at radius 3 is 2.44 bits per heavy atom. The van der Waals surface area contributed by atoms with Crippen molar-refractivity contribution in [2.24, 2.45) is 0 Å². The molecule has 0 saturated carbocycles. The number of rotatable bonds is 10. The summed E-state index contributed by atoms with van der Waals surface area (Å²) in [4.78, 5) is 27.3. The lowest BCUT2D eigenvalue weighted by Crippen LogP contribution is -2.51. The Morgan fingerprint density at radius 2 is 1.84 bits per heavy atom. The van der Waals surface area contributed by atoms with Gasteiger partial charge in [0.15, 0.2) is 0 Å². The van der Waals surface area contributed by atoms with E-state index in [9.17, 15) is 18.0 Å². The molecule has 0 aliphatic rings. The van der Waals surface area contributed by atoms with E-state index >= 15 is 0 Å². The molecular weight excluding hydrogens is 498 g/mol. The summed E-state index contributed by atoms with van der Waals surface area (Å²) < 4.78 is 31.9. The number of carbonyl (C=O) groups is 2. The SMILES string of the molecule is CCNC(=O)[C@@H](C)N(Cc1cccc(OC)c1)C(=O)CN(c1ccccc1Br)S(C)(=O)=O. The van der Waals surface area contributed by atoms with Crippen molar-refractivity contribution in [3.63, 3.8) is 0 Å². The van der Waals surface area contributed by atoms with Gasteiger partial charge in [-0.15, -0.1) is 0 Å². The van der Waals surface area contributed by atoms with E-state index in [1.165, 1.54) is 4.90 Å². The Balaban J connectivity index is 2.40. The van der Waals surface area contributed by atoms with Crippen LogP contribution < -0.4 is 14.4 Å². The van der Waals surface area contributed by atoms with E-state index < -0.39 is 28.5 Å². The van der Waals surface area contributed by atoms with Gasteiger partial charge < -0.3 is 15.0 Å². The van der Waals surface area contributed by atoms with Crippen molar-refractivity contribution in [2.75, 3.05) is 30.8 Å². The molecule has 0 spiro atoms. The average molecular weight is 526 g/mol. The van der Waals surface area contributed by atoms with Gasteiger partial charge in [-0.3, -0.25) is 13.9 Å². The second kappa shape index (κ2) is 11.3. The molecule has 0 aliphatic heterocycles. The number of carbonyl (C=O) groups excluding carboxylic acids is 2. The second-order valence-electron chi connectivity index (χ2n) is 7.16. The second-order valence-corrected chi connectivity index (χ2v) is 9.93. The van der Waals surface area contributed by atoms with Gasteiger partial charge in [-0.05, 0) is 59.6 Å². The summed E-state index contributed by atoms with van der Waals surface area (Å²) in [6.07, 6.45) is 1.04. The van der Waals surface area contributed by atoms with Crippen molar-refractivity contribution in [3.05, 3.63) is 58.6 Å². The molecule has 0 aliphatic carbocycles. The first-order chi connectivity index (χ1) is 15.1. The van der Waals surface area contributed by atoms with E-state index in [1.54, 1.807) is 63.4 Å². The summed E-state index contributed by atoms with van der Waals surface area (Å²) in [6.45, 7) is 3.48. The van der Waals surface area contributed by atoms with Crippen molar-refractivity contribution in [2.45, 2.75) is 26.4 Å². The van der Waals surface area contributed by atoms with E-state index in [0.717, 1.165) is 16.1 Å². The zero-order valence-corrected chi connectivity index (χ0v) is 20.9. The third-order valence-electron chi connectivity index (χ3n) is 4.81. The van der Waals surface area contributed by atoms with Crippen molar-refractivity contribution in [1.29, 1.82) is 0 Å². The summed E-state index contributed by atoms with van der Waals surface area (Å²) in [5.74, 6) is -0.213. The Labute approximate surface area is 197 Å². The summed E-state index contributed by atoms with van der Waals surface area (Å²) in [5, 5.41) is 2.72. The Bertz CT molecular complexity index is 1060. The number of methoxy groups -OCH3 is 1. The van der Waals surface area contributed by atoms with Crippen LogP contribution in [0.3, 0.4) is 0 Å². The van der Waals surface area contributed by atoms with Gasteiger partial charge in [0.1, 0.15) is 18.3 Å². The molecular formula is C22H28BrN3O5S. The normalized spacial score (nSPS) is 12.0. The summed E-state index contributed by atoms with van der Waals surface area (Å²) in [7, 11) is -2.23. The van der Waals surface area contributed by atoms with Crippen LogP contribution in [-0.4, -0.2) is 57.6 Å². The van der Waals surface area contributed by atoms with Gasteiger partial charge in [-0.25, -0.2) is 8.42 Å². The molecule has 0 fully saturated rings. The predicted molar refractivity (Wildman–Crippen MR) is 128 cm³/mol. The fourth-order valence-corrected chi connectivity index (χ4v) is 4.60. The van der Waals surface area contributed by atoms with E-state index in [0.29, 0.717) is 22.5 Å². The maximum absolute atomic E-state index is 13.4. The highest BCUT2D eigenvalue weighted by Crippen LogP contribution is 2.28. The van der Waals surface area contributed by atoms with Crippen LogP contribution in [0.25, 0.3) is 0 Å². The van der Waals surface area contributed by atoms with Gasteiger partial charge in [0.2, 0.25) is 21.8 Å². The van der Waals surface area contributed by atoms with Crippen LogP contribution in [0.1, 0.15) is 19.4 Å². The van der Waals surface area contributed by atoms with Gasteiger partial charge >= 0.3 is 0 Å². The third-order valence-corrected chi connectivity index (χ3v) is 6.60. The topological polar surface area (TPSA) is 96.0 Å². The minimum atomic E-state index is -3.77. The lowest BCUT2D eigenvalue weighted by atomic mass is 10.1. The van der Waals surface area contributed by atoms with Crippen LogP contribution in [0.4, 0.5) is 5.69 Å². The number of nitrogens with zero attached hydrogens (tertiary/aromatic N) is 2. The monoisotopic (exact) mass is 525 g/mol. The average Bonchev–Trinajstić information content (AvgIpc) is 2.75. The molecule has 0 saturated heterocycles.